The van der Waals surface area contributed by atoms with Crippen molar-refractivity contribution in [1.29, 1.82) is 0 Å². The summed E-state index contributed by atoms with van der Waals surface area (Å²) in [4.78, 5) is 22.3. The second-order valence-corrected chi connectivity index (χ2v) is 6.63. The Morgan fingerprint density at radius 2 is 2.15 bits per heavy atom. The number of carbonyl (C=O) groups excluding carboxylic acids is 1. The van der Waals surface area contributed by atoms with Crippen molar-refractivity contribution in [2.24, 2.45) is 0 Å². The monoisotopic (exact) mass is 376 g/mol. The van der Waals surface area contributed by atoms with Crippen molar-refractivity contribution >= 4 is 17.0 Å². The van der Waals surface area contributed by atoms with Crippen LogP contribution in [0, 0.1) is 6.92 Å². The number of carbonyl (C=O) groups is 1. The summed E-state index contributed by atoms with van der Waals surface area (Å²) < 4.78 is 33.6. The maximum atomic E-state index is 13.5. The van der Waals surface area contributed by atoms with Crippen LogP contribution in [0.25, 0.3) is 11.1 Å². The fraction of sp³-hybridized carbons (Fsp3) is 0.471. The van der Waals surface area contributed by atoms with E-state index in [-0.39, 0.29) is 35.0 Å². The lowest BCUT2D eigenvalue weighted by molar-refractivity contribution is -0.133. The summed E-state index contributed by atoms with van der Waals surface area (Å²) in [6.45, 7) is 2.84. The summed E-state index contributed by atoms with van der Waals surface area (Å²) in [6, 6.07) is 1.45. The molecule has 8 nitrogen and oxygen atoms in total. The maximum Gasteiger partial charge on any atom is 0.264 e. The van der Waals surface area contributed by atoms with Gasteiger partial charge < -0.3 is 9.42 Å². The Morgan fingerprint density at radius 1 is 1.37 bits per heavy atom. The van der Waals surface area contributed by atoms with E-state index in [0.29, 0.717) is 37.3 Å². The number of likely N-dealkylation sites (tertiary alicyclic amines) is 1. The van der Waals surface area contributed by atoms with E-state index >= 15 is 0 Å². The lowest BCUT2D eigenvalue weighted by Crippen LogP contribution is -2.40. The molecule has 0 aliphatic carbocycles. The molecule has 1 aliphatic rings. The molecule has 0 unspecified atom stereocenters. The number of halogens is 2. The van der Waals surface area contributed by atoms with Gasteiger partial charge in [-0.3, -0.25) is 4.79 Å². The van der Waals surface area contributed by atoms with Crippen LogP contribution >= 0.6 is 0 Å². The van der Waals surface area contributed by atoms with Gasteiger partial charge in [0.2, 0.25) is 5.91 Å². The molecule has 3 aromatic rings. The average Bonchev–Trinajstić information content (AvgIpc) is 3.31. The first-order valence-corrected chi connectivity index (χ1v) is 8.68. The zero-order valence-corrected chi connectivity index (χ0v) is 14.7. The fourth-order valence-corrected chi connectivity index (χ4v) is 3.51. The van der Waals surface area contributed by atoms with E-state index in [1.807, 2.05) is 0 Å². The third-order valence-electron chi connectivity index (χ3n) is 4.93. The third-order valence-corrected chi connectivity index (χ3v) is 4.93. The van der Waals surface area contributed by atoms with Crippen molar-refractivity contribution in [2.75, 3.05) is 13.1 Å². The number of hydrogen-bond acceptors (Lipinski definition) is 6. The summed E-state index contributed by atoms with van der Waals surface area (Å²) in [7, 11) is 0. The Kier molecular flexibility index (Phi) is 4.54. The highest BCUT2D eigenvalue weighted by Gasteiger charge is 2.27. The normalized spacial score (nSPS) is 15.8. The number of fused-ring (bicyclic) bond motifs is 1. The second-order valence-electron chi connectivity index (χ2n) is 6.63. The highest BCUT2D eigenvalue weighted by molar-refractivity contribution is 5.80. The average molecular weight is 376 g/mol. The molecular formula is C17H18F2N6O2. The van der Waals surface area contributed by atoms with Crippen molar-refractivity contribution in [3.8, 4) is 0 Å². The van der Waals surface area contributed by atoms with Crippen LogP contribution in [-0.2, 0) is 11.3 Å². The van der Waals surface area contributed by atoms with Crippen LogP contribution in [0.4, 0.5) is 8.78 Å². The zero-order valence-electron chi connectivity index (χ0n) is 14.7. The minimum absolute atomic E-state index is 0.00674. The van der Waals surface area contributed by atoms with Gasteiger partial charge in [0.1, 0.15) is 19.2 Å². The van der Waals surface area contributed by atoms with Gasteiger partial charge in [-0.25, -0.2) is 23.4 Å². The Hall–Kier alpha value is -2.91. The summed E-state index contributed by atoms with van der Waals surface area (Å²) in [5, 5.41) is 7.98. The fourth-order valence-electron chi connectivity index (χ4n) is 3.51. The minimum Gasteiger partial charge on any atom is -0.341 e. The number of nitrogens with zero attached hydrogens (tertiary/aromatic N) is 6. The molecule has 3 aromatic heterocycles. The van der Waals surface area contributed by atoms with Gasteiger partial charge >= 0.3 is 0 Å². The van der Waals surface area contributed by atoms with Crippen molar-refractivity contribution in [3.63, 3.8) is 0 Å². The Balaban J connectivity index is 1.49. The number of alkyl halides is 2. The molecule has 142 valence electrons. The molecule has 0 aromatic carbocycles. The van der Waals surface area contributed by atoms with Crippen molar-refractivity contribution in [1.82, 2.24) is 29.8 Å². The SMILES string of the molecule is Cc1noc2nc(C3CCN(C(=O)Cn4cncn4)CC3)cc(C(F)F)c12. The molecule has 1 amide bonds. The first kappa shape index (κ1) is 17.5. The standard InChI is InChI=1S/C17H18F2N6O2/c1-10-15-12(16(18)19)6-13(22-17(15)27-23-10)11-2-4-24(5-3-11)14(26)7-25-9-20-8-21-25/h6,8-9,11,16H,2-5,7H2,1H3. The van der Waals surface area contributed by atoms with Gasteiger partial charge in [0, 0.05) is 30.3 Å². The first-order valence-electron chi connectivity index (χ1n) is 8.68. The number of pyridine rings is 1. The van der Waals surface area contributed by atoms with Crippen LogP contribution in [0.5, 0.6) is 0 Å². The van der Waals surface area contributed by atoms with E-state index in [4.69, 9.17) is 4.52 Å². The molecule has 0 atom stereocenters. The number of aromatic nitrogens is 5. The van der Waals surface area contributed by atoms with Crippen molar-refractivity contribution in [2.45, 2.75) is 38.7 Å². The molecule has 4 heterocycles. The number of piperidine rings is 1. The highest BCUT2D eigenvalue weighted by Crippen LogP contribution is 2.34. The highest BCUT2D eigenvalue weighted by atomic mass is 19.3. The molecule has 1 fully saturated rings. The number of aryl methyl sites for hydroxylation is 1. The van der Waals surface area contributed by atoms with Gasteiger partial charge in [0.25, 0.3) is 12.1 Å². The lowest BCUT2D eigenvalue weighted by Gasteiger charge is -2.31. The van der Waals surface area contributed by atoms with Crippen LogP contribution < -0.4 is 0 Å². The molecule has 10 heteroatoms. The predicted octanol–water partition coefficient (Wildman–Crippen LogP) is 2.47. The summed E-state index contributed by atoms with van der Waals surface area (Å²) in [5.41, 5.74) is 1.02. The summed E-state index contributed by atoms with van der Waals surface area (Å²) >= 11 is 0. The molecule has 4 rings (SSSR count). The van der Waals surface area contributed by atoms with E-state index in [2.05, 4.69) is 20.2 Å². The molecule has 0 saturated carbocycles. The Bertz CT molecular complexity index is 948. The quantitative estimate of drug-likeness (QED) is 0.695. The van der Waals surface area contributed by atoms with Crippen LogP contribution in [0.2, 0.25) is 0 Å². The Morgan fingerprint density at radius 3 is 2.81 bits per heavy atom. The van der Waals surface area contributed by atoms with Gasteiger partial charge in [0.15, 0.2) is 0 Å². The van der Waals surface area contributed by atoms with Gasteiger partial charge in [0.05, 0.1) is 11.1 Å². The predicted molar refractivity (Wildman–Crippen MR) is 90.1 cm³/mol. The van der Waals surface area contributed by atoms with Crippen LogP contribution in [-0.4, -0.2) is 48.8 Å². The number of amides is 1. The van der Waals surface area contributed by atoms with Crippen molar-refractivity contribution in [3.05, 3.63) is 35.7 Å². The van der Waals surface area contributed by atoms with E-state index < -0.39 is 6.43 Å². The molecule has 0 spiro atoms. The molecule has 0 N–H and O–H groups in total. The largest absolute Gasteiger partial charge is 0.341 e. The van der Waals surface area contributed by atoms with Gasteiger partial charge in [-0.15, -0.1) is 0 Å². The van der Waals surface area contributed by atoms with Crippen LogP contribution in [0.15, 0.2) is 23.2 Å². The number of rotatable bonds is 4. The topological polar surface area (TPSA) is 89.9 Å². The van der Waals surface area contributed by atoms with E-state index in [0.717, 1.165) is 0 Å². The Labute approximate surface area is 153 Å². The maximum absolute atomic E-state index is 13.5. The van der Waals surface area contributed by atoms with E-state index in [1.165, 1.54) is 23.4 Å². The van der Waals surface area contributed by atoms with Crippen LogP contribution in [0.1, 0.15) is 42.1 Å². The smallest absolute Gasteiger partial charge is 0.264 e. The summed E-state index contributed by atoms with van der Waals surface area (Å²) in [5.74, 6) is -0.0470. The van der Waals surface area contributed by atoms with E-state index in [9.17, 15) is 13.6 Å². The van der Waals surface area contributed by atoms with Crippen molar-refractivity contribution < 1.29 is 18.1 Å². The zero-order chi connectivity index (χ0) is 19.0. The first-order chi connectivity index (χ1) is 13.0. The molecule has 1 aliphatic heterocycles. The minimum atomic E-state index is -2.63. The molecule has 27 heavy (non-hydrogen) atoms. The van der Waals surface area contributed by atoms with Gasteiger partial charge in [-0.2, -0.15) is 5.10 Å². The number of hydrogen-bond donors (Lipinski definition) is 0. The van der Waals surface area contributed by atoms with Gasteiger partial charge in [-0.05, 0) is 25.8 Å². The van der Waals surface area contributed by atoms with E-state index in [1.54, 1.807) is 11.8 Å². The molecule has 0 radical (unpaired) electrons. The second kappa shape index (κ2) is 7.01. The van der Waals surface area contributed by atoms with Gasteiger partial charge in [-0.1, -0.05) is 5.16 Å². The summed E-state index contributed by atoms with van der Waals surface area (Å²) in [6.07, 6.45) is 1.55. The molecule has 0 bridgehead atoms. The third kappa shape index (κ3) is 3.38. The molecular weight excluding hydrogens is 358 g/mol. The lowest BCUT2D eigenvalue weighted by atomic mass is 9.91. The van der Waals surface area contributed by atoms with Crippen LogP contribution in [0.3, 0.4) is 0 Å². The molecule has 1 saturated heterocycles.